The molecule has 0 spiro atoms. The lowest BCUT2D eigenvalue weighted by Gasteiger charge is -2.15. The summed E-state index contributed by atoms with van der Waals surface area (Å²) in [6, 6.07) is 5.14. The SMILES string of the molecule is C[C@@H](Cn1cccn1)NS(=O)(=O)c1cccc(Cl)c1F. The number of sulfonamides is 1. The van der Waals surface area contributed by atoms with Crippen molar-refractivity contribution >= 4 is 21.6 Å². The fraction of sp³-hybridized carbons (Fsp3) is 0.250. The molecule has 1 aromatic carbocycles. The summed E-state index contributed by atoms with van der Waals surface area (Å²) in [6.07, 6.45) is 3.31. The Hall–Kier alpha value is -1.44. The number of benzene rings is 1. The minimum absolute atomic E-state index is 0.229. The van der Waals surface area contributed by atoms with Crippen LogP contribution in [0.15, 0.2) is 41.6 Å². The Kier molecular flexibility index (Phi) is 4.42. The standard InChI is InChI=1S/C12H13ClFN3O2S/c1-9(8-17-7-3-6-15-17)16-20(18,19)11-5-2-4-10(13)12(11)14/h2-7,9,16H,8H2,1H3/t9-/m0/s1. The molecular formula is C12H13ClFN3O2S. The van der Waals surface area contributed by atoms with E-state index in [4.69, 9.17) is 11.6 Å². The number of nitrogens with zero attached hydrogens (tertiary/aromatic N) is 2. The molecule has 1 N–H and O–H groups in total. The molecule has 1 aromatic heterocycles. The van der Waals surface area contributed by atoms with E-state index in [-0.39, 0.29) is 5.02 Å². The summed E-state index contributed by atoms with van der Waals surface area (Å²) in [5.41, 5.74) is 0. The van der Waals surface area contributed by atoms with Crippen LogP contribution in [-0.4, -0.2) is 24.2 Å². The van der Waals surface area contributed by atoms with Gasteiger partial charge in [-0.2, -0.15) is 5.10 Å². The van der Waals surface area contributed by atoms with Gasteiger partial charge in [-0.25, -0.2) is 17.5 Å². The maximum absolute atomic E-state index is 13.8. The van der Waals surface area contributed by atoms with E-state index in [1.165, 1.54) is 18.2 Å². The highest BCUT2D eigenvalue weighted by atomic mass is 35.5. The zero-order valence-electron chi connectivity index (χ0n) is 10.6. The topological polar surface area (TPSA) is 64.0 Å². The van der Waals surface area contributed by atoms with E-state index in [1.807, 2.05) is 0 Å². The van der Waals surface area contributed by atoms with Crippen LogP contribution in [0.1, 0.15) is 6.92 Å². The highest BCUT2D eigenvalue weighted by Gasteiger charge is 2.22. The predicted octanol–water partition coefficient (Wildman–Crippen LogP) is 2.04. The fourth-order valence-corrected chi connectivity index (χ4v) is 3.31. The van der Waals surface area contributed by atoms with Crippen molar-refractivity contribution in [2.45, 2.75) is 24.4 Å². The first kappa shape index (κ1) is 15.0. The molecule has 0 saturated heterocycles. The Balaban J connectivity index is 2.16. The lowest BCUT2D eigenvalue weighted by atomic mass is 10.3. The third kappa shape index (κ3) is 3.36. The third-order valence-electron chi connectivity index (χ3n) is 2.58. The summed E-state index contributed by atoms with van der Waals surface area (Å²) in [7, 11) is -3.97. The number of rotatable bonds is 5. The van der Waals surface area contributed by atoms with Crippen LogP contribution in [0.5, 0.6) is 0 Å². The maximum Gasteiger partial charge on any atom is 0.243 e. The molecule has 2 rings (SSSR count). The van der Waals surface area contributed by atoms with E-state index < -0.39 is 26.8 Å². The first-order valence-corrected chi connectivity index (χ1v) is 7.70. The Labute approximate surface area is 121 Å². The van der Waals surface area contributed by atoms with E-state index in [0.717, 1.165) is 0 Å². The molecule has 1 atom stereocenters. The zero-order chi connectivity index (χ0) is 14.8. The Morgan fingerprint density at radius 2 is 2.20 bits per heavy atom. The quantitative estimate of drug-likeness (QED) is 0.918. The highest BCUT2D eigenvalue weighted by molar-refractivity contribution is 7.89. The molecule has 0 aliphatic heterocycles. The van der Waals surface area contributed by atoms with E-state index in [9.17, 15) is 12.8 Å². The molecule has 0 fully saturated rings. The van der Waals surface area contributed by atoms with Gasteiger partial charge in [-0.05, 0) is 25.1 Å². The van der Waals surface area contributed by atoms with Crippen LogP contribution < -0.4 is 4.72 Å². The Morgan fingerprint density at radius 1 is 1.45 bits per heavy atom. The van der Waals surface area contributed by atoms with Crippen molar-refractivity contribution in [3.8, 4) is 0 Å². The van der Waals surface area contributed by atoms with Gasteiger partial charge in [-0.1, -0.05) is 17.7 Å². The Morgan fingerprint density at radius 3 is 2.85 bits per heavy atom. The number of nitrogens with one attached hydrogen (secondary N) is 1. The lowest BCUT2D eigenvalue weighted by molar-refractivity contribution is 0.490. The van der Waals surface area contributed by atoms with Crippen LogP contribution in [0.25, 0.3) is 0 Å². The second-order valence-corrected chi connectivity index (χ2v) is 6.39. The summed E-state index contributed by atoms with van der Waals surface area (Å²) in [6.45, 7) is 2.01. The molecule has 0 radical (unpaired) electrons. The molecule has 5 nitrogen and oxygen atoms in total. The van der Waals surface area contributed by atoms with E-state index >= 15 is 0 Å². The first-order valence-electron chi connectivity index (χ1n) is 5.84. The van der Waals surface area contributed by atoms with Crippen molar-refractivity contribution in [3.05, 3.63) is 47.5 Å². The van der Waals surface area contributed by atoms with Gasteiger partial charge in [0.05, 0.1) is 11.6 Å². The number of hydrogen-bond donors (Lipinski definition) is 1. The number of hydrogen-bond acceptors (Lipinski definition) is 3. The van der Waals surface area contributed by atoms with Gasteiger partial charge in [0.1, 0.15) is 4.90 Å². The van der Waals surface area contributed by atoms with Gasteiger partial charge in [-0.3, -0.25) is 4.68 Å². The molecular weight excluding hydrogens is 305 g/mol. The molecule has 0 aliphatic rings. The van der Waals surface area contributed by atoms with Crippen LogP contribution in [-0.2, 0) is 16.6 Å². The summed E-state index contributed by atoms with van der Waals surface area (Å²) in [4.78, 5) is -0.461. The average Bonchev–Trinajstić information content (AvgIpc) is 2.84. The molecule has 2 aromatic rings. The second kappa shape index (κ2) is 5.90. The molecule has 20 heavy (non-hydrogen) atoms. The molecule has 0 unspecified atom stereocenters. The number of halogens is 2. The van der Waals surface area contributed by atoms with Crippen molar-refractivity contribution in [1.82, 2.24) is 14.5 Å². The molecule has 1 heterocycles. The van der Waals surface area contributed by atoms with Crippen LogP contribution in [0.4, 0.5) is 4.39 Å². The first-order chi connectivity index (χ1) is 9.40. The van der Waals surface area contributed by atoms with Crippen molar-refractivity contribution < 1.29 is 12.8 Å². The van der Waals surface area contributed by atoms with E-state index in [2.05, 4.69) is 9.82 Å². The van der Waals surface area contributed by atoms with Gasteiger partial charge >= 0.3 is 0 Å². The van der Waals surface area contributed by atoms with Crippen LogP contribution in [0.3, 0.4) is 0 Å². The van der Waals surface area contributed by atoms with Gasteiger partial charge in [0.2, 0.25) is 10.0 Å². The van der Waals surface area contributed by atoms with E-state index in [1.54, 1.807) is 30.1 Å². The molecule has 108 valence electrons. The van der Waals surface area contributed by atoms with Crippen molar-refractivity contribution in [3.63, 3.8) is 0 Å². The normalized spacial score (nSPS) is 13.3. The summed E-state index contributed by atoms with van der Waals surface area (Å²) >= 11 is 5.59. The van der Waals surface area contributed by atoms with Gasteiger partial charge in [0.15, 0.2) is 5.82 Å². The van der Waals surface area contributed by atoms with Crippen molar-refractivity contribution in [2.75, 3.05) is 0 Å². The molecule has 0 aliphatic carbocycles. The summed E-state index contributed by atoms with van der Waals surface area (Å²) in [5, 5.41) is 3.75. The predicted molar refractivity (Wildman–Crippen MR) is 73.4 cm³/mol. The Bertz CT molecular complexity index is 689. The second-order valence-electron chi connectivity index (χ2n) is 4.30. The van der Waals surface area contributed by atoms with Gasteiger partial charge in [0, 0.05) is 18.4 Å². The maximum atomic E-state index is 13.8. The van der Waals surface area contributed by atoms with Crippen LogP contribution in [0.2, 0.25) is 5.02 Å². The number of aromatic nitrogens is 2. The summed E-state index contributed by atoms with van der Waals surface area (Å²) in [5.74, 6) is -0.951. The molecule has 8 heteroatoms. The smallest absolute Gasteiger partial charge is 0.243 e. The average molecular weight is 318 g/mol. The fourth-order valence-electron chi connectivity index (χ4n) is 1.75. The van der Waals surface area contributed by atoms with E-state index in [0.29, 0.717) is 6.54 Å². The third-order valence-corrected chi connectivity index (χ3v) is 4.48. The molecule has 0 amide bonds. The zero-order valence-corrected chi connectivity index (χ0v) is 12.2. The molecule has 0 bridgehead atoms. The van der Waals surface area contributed by atoms with Gasteiger partial charge in [0.25, 0.3) is 0 Å². The van der Waals surface area contributed by atoms with Crippen LogP contribution >= 0.6 is 11.6 Å². The van der Waals surface area contributed by atoms with Crippen molar-refractivity contribution in [1.29, 1.82) is 0 Å². The van der Waals surface area contributed by atoms with Gasteiger partial charge < -0.3 is 0 Å². The minimum Gasteiger partial charge on any atom is -0.271 e. The molecule has 0 saturated carbocycles. The van der Waals surface area contributed by atoms with Crippen molar-refractivity contribution in [2.24, 2.45) is 0 Å². The van der Waals surface area contributed by atoms with Crippen LogP contribution in [0, 0.1) is 5.82 Å². The van der Waals surface area contributed by atoms with Gasteiger partial charge in [-0.15, -0.1) is 0 Å². The highest BCUT2D eigenvalue weighted by Crippen LogP contribution is 2.21. The monoisotopic (exact) mass is 317 g/mol. The lowest BCUT2D eigenvalue weighted by Crippen LogP contribution is -2.36. The minimum atomic E-state index is -3.97. The largest absolute Gasteiger partial charge is 0.271 e. The summed E-state index contributed by atoms with van der Waals surface area (Å²) < 4.78 is 41.9.